The summed E-state index contributed by atoms with van der Waals surface area (Å²) in [5.41, 5.74) is 5.18. The first-order chi connectivity index (χ1) is 13.4. The molecule has 0 unspecified atom stereocenters. The molecule has 0 bridgehead atoms. The van der Waals surface area contributed by atoms with Crippen molar-refractivity contribution < 1.29 is 9.50 Å². The molecule has 0 aliphatic carbocycles. The van der Waals surface area contributed by atoms with Gasteiger partial charge >= 0.3 is 0 Å². The lowest BCUT2D eigenvalue weighted by Gasteiger charge is -2.30. The quantitative estimate of drug-likeness (QED) is 0.755. The molecule has 2 heterocycles. The van der Waals surface area contributed by atoms with Crippen LogP contribution in [0.1, 0.15) is 22.4 Å². The van der Waals surface area contributed by atoms with Crippen LogP contribution in [0.4, 0.5) is 4.39 Å². The molecule has 1 aliphatic rings. The van der Waals surface area contributed by atoms with Crippen molar-refractivity contribution in [3.8, 4) is 16.9 Å². The summed E-state index contributed by atoms with van der Waals surface area (Å²) in [6.07, 6.45) is 0.807. The van der Waals surface area contributed by atoms with Crippen molar-refractivity contribution >= 4 is 0 Å². The number of phenolic OH excluding ortho intramolecular Hbond substituents is 1. The molecule has 3 aromatic rings. The zero-order chi connectivity index (χ0) is 19.8. The highest BCUT2D eigenvalue weighted by atomic mass is 19.1. The molecule has 0 radical (unpaired) electrons. The van der Waals surface area contributed by atoms with E-state index in [1.54, 1.807) is 35.8 Å². The third-order valence-electron chi connectivity index (χ3n) is 5.50. The van der Waals surface area contributed by atoms with Gasteiger partial charge in [-0.05, 0) is 59.5 Å². The first-order valence-corrected chi connectivity index (χ1v) is 9.41. The molecule has 5 heteroatoms. The predicted molar refractivity (Wildman–Crippen MR) is 108 cm³/mol. The SMILES string of the molecule is Cc1cc(-c2cc3c(n(C)c2=O)CCN(Cc2ccc(O)cc2)C3)ccc1F. The Kier molecular flexibility index (Phi) is 4.77. The Balaban J connectivity index is 1.67. The summed E-state index contributed by atoms with van der Waals surface area (Å²) in [7, 11) is 1.82. The Labute approximate surface area is 163 Å². The molecule has 1 aromatic heterocycles. The summed E-state index contributed by atoms with van der Waals surface area (Å²) in [5, 5.41) is 9.46. The summed E-state index contributed by atoms with van der Waals surface area (Å²) in [6.45, 7) is 4.11. The van der Waals surface area contributed by atoms with E-state index in [-0.39, 0.29) is 17.1 Å². The van der Waals surface area contributed by atoms with Crippen LogP contribution in [0.5, 0.6) is 5.75 Å². The second-order valence-electron chi connectivity index (χ2n) is 7.49. The standard InChI is InChI=1S/C23H23FN2O2/c1-15-11-17(5-8-21(15)24)20-12-18-14-26(10-9-22(18)25(2)23(20)28)13-16-3-6-19(27)7-4-16/h3-8,11-12,27H,9-10,13-14H2,1-2H3. The number of aromatic hydroxyl groups is 1. The molecule has 0 saturated carbocycles. The Morgan fingerprint density at radius 1 is 1.11 bits per heavy atom. The number of hydrogen-bond acceptors (Lipinski definition) is 3. The van der Waals surface area contributed by atoms with Gasteiger partial charge in [0.05, 0.1) is 0 Å². The van der Waals surface area contributed by atoms with Gasteiger partial charge in [0.1, 0.15) is 11.6 Å². The molecular weight excluding hydrogens is 355 g/mol. The minimum atomic E-state index is -0.265. The monoisotopic (exact) mass is 378 g/mol. The van der Waals surface area contributed by atoms with E-state index in [0.717, 1.165) is 48.4 Å². The summed E-state index contributed by atoms with van der Waals surface area (Å²) in [6, 6.07) is 14.0. The lowest BCUT2D eigenvalue weighted by molar-refractivity contribution is 0.241. The van der Waals surface area contributed by atoms with Gasteiger partial charge in [0.25, 0.3) is 5.56 Å². The van der Waals surface area contributed by atoms with E-state index in [4.69, 9.17) is 0 Å². The largest absolute Gasteiger partial charge is 0.508 e. The number of pyridine rings is 1. The van der Waals surface area contributed by atoms with Crippen LogP contribution in [0.2, 0.25) is 0 Å². The molecule has 1 aliphatic heterocycles. The van der Waals surface area contributed by atoms with E-state index in [9.17, 15) is 14.3 Å². The van der Waals surface area contributed by atoms with Crippen LogP contribution >= 0.6 is 0 Å². The molecule has 0 spiro atoms. The van der Waals surface area contributed by atoms with Crippen LogP contribution in [0.15, 0.2) is 53.3 Å². The van der Waals surface area contributed by atoms with Crippen LogP contribution < -0.4 is 5.56 Å². The molecular formula is C23H23FN2O2. The number of fused-ring (bicyclic) bond motifs is 1. The molecule has 0 atom stereocenters. The molecule has 144 valence electrons. The first-order valence-electron chi connectivity index (χ1n) is 9.41. The van der Waals surface area contributed by atoms with E-state index >= 15 is 0 Å². The number of rotatable bonds is 3. The Bertz CT molecular complexity index is 1090. The topological polar surface area (TPSA) is 45.5 Å². The van der Waals surface area contributed by atoms with Crippen molar-refractivity contribution in [1.29, 1.82) is 0 Å². The fraction of sp³-hybridized carbons (Fsp3) is 0.261. The number of phenols is 1. The minimum Gasteiger partial charge on any atom is -0.508 e. The molecule has 0 fully saturated rings. The third kappa shape index (κ3) is 3.45. The van der Waals surface area contributed by atoms with E-state index in [1.165, 1.54) is 6.07 Å². The Hall–Kier alpha value is -2.92. The number of hydrogen-bond donors (Lipinski definition) is 1. The van der Waals surface area contributed by atoms with Crippen molar-refractivity contribution in [2.45, 2.75) is 26.4 Å². The molecule has 2 aromatic carbocycles. The molecule has 4 nitrogen and oxygen atoms in total. The van der Waals surface area contributed by atoms with Crippen LogP contribution in [-0.2, 0) is 26.6 Å². The van der Waals surface area contributed by atoms with Crippen LogP contribution in [-0.4, -0.2) is 21.1 Å². The summed E-state index contributed by atoms with van der Waals surface area (Å²) in [5.74, 6) is 0.000537. The first kappa shape index (κ1) is 18.4. The number of aromatic nitrogens is 1. The number of aryl methyl sites for hydroxylation is 1. The lowest BCUT2D eigenvalue weighted by Crippen LogP contribution is -2.35. The molecule has 4 rings (SSSR count). The average Bonchev–Trinajstić information content (AvgIpc) is 2.68. The molecule has 0 amide bonds. The van der Waals surface area contributed by atoms with E-state index in [1.807, 2.05) is 25.2 Å². The van der Waals surface area contributed by atoms with E-state index in [2.05, 4.69) is 4.90 Å². The minimum absolute atomic E-state index is 0.0447. The van der Waals surface area contributed by atoms with Gasteiger partial charge in [-0.1, -0.05) is 18.2 Å². The maximum atomic E-state index is 13.6. The second kappa shape index (κ2) is 7.24. The van der Waals surface area contributed by atoms with Gasteiger partial charge in [-0.25, -0.2) is 4.39 Å². The van der Waals surface area contributed by atoms with Crippen LogP contribution in [0.25, 0.3) is 11.1 Å². The number of benzene rings is 2. The average molecular weight is 378 g/mol. The predicted octanol–water partition coefficient (Wildman–Crippen LogP) is 3.76. The van der Waals surface area contributed by atoms with Crippen molar-refractivity contribution in [3.63, 3.8) is 0 Å². The van der Waals surface area contributed by atoms with E-state index in [0.29, 0.717) is 11.1 Å². The zero-order valence-corrected chi connectivity index (χ0v) is 16.1. The van der Waals surface area contributed by atoms with Gasteiger partial charge in [0, 0.05) is 44.4 Å². The van der Waals surface area contributed by atoms with Crippen LogP contribution in [0.3, 0.4) is 0 Å². The van der Waals surface area contributed by atoms with E-state index < -0.39 is 0 Å². The number of nitrogens with zero attached hydrogens (tertiary/aromatic N) is 2. The highest BCUT2D eigenvalue weighted by Crippen LogP contribution is 2.25. The highest BCUT2D eigenvalue weighted by molar-refractivity contribution is 5.64. The Morgan fingerprint density at radius 3 is 2.57 bits per heavy atom. The lowest BCUT2D eigenvalue weighted by atomic mass is 9.98. The van der Waals surface area contributed by atoms with Gasteiger partial charge in [0.15, 0.2) is 0 Å². The second-order valence-corrected chi connectivity index (χ2v) is 7.49. The van der Waals surface area contributed by atoms with Crippen molar-refractivity contribution in [3.05, 3.63) is 87.1 Å². The van der Waals surface area contributed by atoms with Crippen molar-refractivity contribution in [2.24, 2.45) is 7.05 Å². The maximum Gasteiger partial charge on any atom is 0.258 e. The summed E-state index contributed by atoms with van der Waals surface area (Å²) < 4.78 is 15.4. The number of halogens is 1. The smallest absolute Gasteiger partial charge is 0.258 e. The Morgan fingerprint density at radius 2 is 1.86 bits per heavy atom. The third-order valence-corrected chi connectivity index (χ3v) is 5.50. The normalized spacial score (nSPS) is 14.1. The summed E-state index contributed by atoms with van der Waals surface area (Å²) in [4.78, 5) is 15.2. The molecule has 28 heavy (non-hydrogen) atoms. The molecule has 0 saturated heterocycles. The van der Waals surface area contributed by atoms with Crippen LogP contribution in [0, 0.1) is 12.7 Å². The van der Waals surface area contributed by atoms with Gasteiger partial charge in [-0.15, -0.1) is 0 Å². The van der Waals surface area contributed by atoms with Gasteiger partial charge in [0.2, 0.25) is 0 Å². The van der Waals surface area contributed by atoms with Gasteiger partial charge < -0.3 is 9.67 Å². The van der Waals surface area contributed by atoms with Crippen molar-refractivity contribution in [1.82, 2.24) is 9.47 Å². The van der Waals surface area contributed by atoms with Gasteiger partial charge in [-0.2, -0.15) is 0 Å². The fourth-order valence-electron chi connectivity index (χ4n) is 3.90. The van der Waals surface area contributed by atoms with Crippen molar-refractivity contribution in [2.75, 3.05) is 6.54 Å². The highest BCUT2D eigenvalue weighted by Gasteiger charge is 2.21. The molecule has 1 N–H and O–H groups in total. The maximum absolute atomic E-state index is 13.6. The zero-order valence-electron chi connectivity index (χ0n) is 16.1. The summed E-state index contributed by atoms with van der Waals surface area (Å²) >= 11 is 0. The van der Waals surface area contributed by atoms with Gasteiger partial charge in [-0.3, -0.25) is 9.69 Å². The fourth-order valence-corrected chi connectivity index (χ4v) is 3.90.